The van der Waals surface area contributed by atoms with Gasteiger partial charge in [-0.25, -0.2) is 13.1 Å². The van der Waals surface area contributed by atoms with Crippen LogP contribution in [0.5, 0.6) is 0 Å². The quantitative estimate of drug-likeness (QED) is 0.423. The summed E-state index contributed by atoms with van der Waals surface area (Å²) in [5.74, 6) is 0.883. The van der Waals surface area contributed by atoms with Crippen molar-refractivity contribution in [2.75, 3.05) is 0 Å². The first-order valence-electron chi connectivity index (χ1n) is 7.55. The molecular formula is C15H13F3N2O4S. The number of carbonyl (C=O) groups is 1. The minimum absolute atomic E-state index is 0.0732. The molecule has 1 unspecified atom stereocenters. The van der Waals surface area contributed by atoms with E-state index in [0.717, 1.165) is 0 Å². The summed E-state index contributed by atoms with van der Waals surface area (Å²) in [6, 6.07) is 0.00337. The van der Waals surface area contributed by atoms with Crippen molar-refractivity contribution in [3.63, 3.8) is 0 Å². The zero-order chi connectivity index (χ0) is 18.6. The normalized spacial score (nSPS) is 37.5. The van der Waals surface area contributed by atoms with E-state index >= 15 is 0 Å². The van der Waals surface area contributed by atoms with E-state index < -0.39 is 15.6 Å². The van der Waals surface area contributed by atoms with Crippen LogP contribution in [0.2, 0.25) is 0 Å². The van der Waals surface area contributed by atoms with Crippen LogP contribution in [-0.4, -0.2) is 31.8 Å². The molecule has 6 atom stereocenters. The van der Waals surface area contributed by atoms with Gasteiger partial charge >= 0.3 is 15.6 Å². The lowest BCUT2D eigenvalue weighted by Crippen LogP contribution is -2.25. The highest BCUT2D eigenvalue weighted by Gasteiger charge is 2.62. The van der Waals surface area contributed by atoms with E-state index in [0.29, 0.717) is 30.5 Å². The molecule has 0 radical (unpaired) electrons. The molecule has 0 heterocycles. The molecule has 0 amide bonds. The van der Waals surface area contributed by atoms with Gasteiger partial charge in [0, 0.05) is 19.3 Å². The number of rotatable bonds is 2. The third-order valence-electron chi connectivity index (χ3n) is 5.01. The summed E-state index contributed by atoms with van der Waals surface area (Å²) >= 11 is 0. The zero-order valence-electron chi connectivity index (χ0n) is 12.7. The number of allylic oxidation sites excluding steroid dienone is 1. The Hall–Kier alpha value is -2.07. The van der Waals surface area contributed by atoms with Crippen LogP contribution in [0.25, 0.3) is 9.69 Å². The molecule has 0 aliphatic heterocycles. The number of hydrogen-bond acceptors (Lipinski definition) is 4. The molecular weight excluding hydrogens is 361 g/mol. The maximum atomic E-state index is 11.9. The van der Waals surface area contributed by atoms with Crippen molar-refractivity contribution in [1.29, 1.82) is 0 Å². The smallest absolute Gasteiger partial charge is 0.381 e. The van der Waals surface area contributed by atoms with E-state index in [1.54, 1.807) is 0 Å². The minimum atomic E-state index is -5.55. The van der Waals surface area contributed by atoms with Crippen LogP contribution in [0.1, 0.15) is 19.3 Å². The van der Waals surface area contributed by atoms with Gasteiger partial charge in [0.1, 0.15) is 11.5 Å². The number of fused-ring (bicyclic) bond motifs is 2. The predicted octanol–water partition coefficient (Wildman–Crippen LogP) is 2.56. The van der Waals surface area contributed by atoms with E-state index in [2.05, 4.69) is 13.9 Å². The average molecular weight is 374 g/mol. The highest BCUT2D eigenvalue weighted by atomic mass is 32.2. The second-order valence-electron chi connectivity index (χ2n) is 6.58. The molecule has 4 rings (SSSR count). The van der Waals surface area contributed by atoms with Crippen molar-refractivity contribution < 1.29 is 30.6 Å². The van der Waals surface area contributed by atoms with Gasteiger partial charge in [-0.1, -0.05) is 0 Å². The first-order chi connectivity index (χ1) is 11.6. The van der Waals surface area contributed by atoms with Crippen LogP contribution >= 0.6 is 0 Å². The second-order valence-corrected chi connectivity index (χ2v) is 8.11. The molecule has 4 aliphatic rings. The highest BCUT2D eigenvalue weighted by Crippen LogP contribution is 2.53. The molecule has 0 spiro atoms. The topological polar surface area (TPSA) is 69.2 Å². The van der Waals surface area contributed by atoms with Crippen LogP contribution in [0.3, 0.4) is 0 Å². The Bertz CT molecular complexity index is 807. The summed E-state index contributed by atoms with van der Waals surface area (Å²) in [5, 5.41) is 0. The molecule has 10 heteroatoms. The van der Waals surface area contributed by atoms with Crippen LogP contribution in [0, 0.1) is 36.8 Å². The Morgan fingerprint density at radius 3 is 2.00 bits per heavy atom. The fourth-order valence-corrected chi connectivity index (χ4v) is 4.08. The van der Waals surface area contributed by atoms with Crippen LogP contribution < -0.4 is 0 Å². The molecule has 25 heavy (non-hydrogen) atoms. The monoisotopic (exact) mass is 374 g/mol. The number of Topliss-reactive ketones (excluding diaryl/α,β-unsaturated/α-hetero) is 1. The predicted molar refractivity (Wildman–Crippen MR) is 77.7 cm³/mol. The van der Waals surface area contributed by atoms with Crippen molar-refractivity contribution in [2.45, 2.75) is 36.9 Å². The molecule has 134 valence electrons. The van der Waals surface area contributed by atoms with Gasteiger partial charge in [-0.15, -0.1) is 0 Å². The van der Waals surface area contributed by atoms with E-state index in [4.69, 9.17) is 13.1 Å². The third kappa shape index (κ3) is 3.23. The van der Waals surface area contributed by atoms with Gasteiger partial charge in [0.15, 0.2) is 0 Å². The molecule has 0 bridgehead atoms. The maximum absolute atomic E-state index is 11.9. The standard InChI is InChI=1S/C8H6F3NO3S.C7H7NO/c1-12-7-5-2-4(3-6(5)7)15-16(13,14)8(9,10)11;1-8-7-5-2-4(9)3-6(5)7/h2,5-7H,3H2;5-7H,2-3H2/t5-,6+,7+;5-,6+,7?/m0./s1. The summed E-state index contributed by atoms with van der Waals surface area (Å²) < 4.78 is 61.1. The lowest BCUT2D eigenvalue weighted by Gasteiger charge is -2.10. The summed E-state index contributed by atoms with van der Waals surface area (Å²) in [6.45, 7) is 13.4. The van der Waals surface area contributed by atoms with Crippen LogP contribution in [-0.2, 0) is 19.1 Å². The van der Waals surface area contributed by atoms with Gasteiger partial charge < -0.3 is 13.9 Å². The van der Waals surface area contributed by atoms with Gasteiger partial charge in [-0.05, 0) is 6.08 Å². The molecule has 3 fully saturated rings. The fraction of sp³-hybridized carbons (Fsp3) is 0.667. The van der Waals surface area contributed by atoms with Gasteiger partial charge in [0.2, 0.25) is 12.1 Å². The Labute approximate surface area is 142 Å². The molecule has 0 aromatic rings. The SMILES string of the molecule is [C-]#[N+]C1[C@H]2CC(=O)C[C@@H]12.[C-]#[N+][C@@H]1[C@H]2C=C(OS(=O)(=O)C(F)(F)F)C[C@H]21. The minimum Gasteiger partial charge on any atom is -0.381 e. The maximum Gasteiger partial charge on any atom is 0.534 e. The van der Waals surface area contributed by atoms with E-state index in [1.165, 1.54) is 6.08 Å². The van der Waals surface area contributed by atoms with Gasteiger partial charge in [-0.3, -0.25) is 4.79 Å². The van der Waals surface area contributed by atoms with E-state index in [1.807, 2.05) is 0 Å². The number of ketones is 1. The van der Waals surface area contributed by atoms with Gasteiger partial charge in [0.25, 0.3) is 0 Å². The lowest BCUT2D eigenvalue weighted by atomic mass is 10.2. The van der Waals surface area contributed by atoms with Crippen molar-refractivity contribution in [3.05, 3.63) is 34.7 Å². The Morgan fingerprint density at radius 2 is 1.60 bits per heavy atom. The molecule has 0 N–H and O–H groups in total. The number of halogens is 3. The van der Waals surface area contributed by atoms with Crippen molar-refractivity contribution in [1.82, 2.24) is 0 Å². The number of carbonyl (C=O) groups excluding carboxylic acids is 1. The summed E-state index contributed by atoms with van der Waals surface area (Å²) in [7, 11) is -5.55. The van der Waals surface area contributed by atoms with Crippen molar-refractivity contribution in [2.24, 2.45) is 23.7 Å². The van der Waals surface area contributed by atoms with Gasteiger partial charge in [-0.2, -0.15) is 21.6 Å². The molecule has 6 nitrogen and oxygen atoms in total. The lowest BCUT2D eigenvalue weighted by molar-refractivity contribution is -0.118. The highest BCUT2D eigenvalue weighted by molar-refractivity contribution is 7.87. The molecule has 0 aromatic carbocycles. The zero-order valence-corrected chi connectivity index (χ0v) is 13.5. The Balaban J connectivity index is 0.000000170. The van der Waals surface area contributed by atoms with Crippen molar-refractivity contribution >= 4 is 15.9 Å². The van der Waals surface area contributed by atoms with E-state index in [9.17, 15) is 26.4 Å². The Kier molecular flexibility index (Phi) is 4.07. The fourth-order valence-electron chi connectivity index (χ4n) is 3.58. The van der Waals surface area contributed by atoms with E-state index in [-0.39, 0.29) is 36.1 Å². The van der Waals surface area contributed by atoms with Gasteiger partial charge in [0.05, 0.1) is 23.7 Å². The summed E-state index contributed by atoms with van der Waals surface area (Å²) in [6.07, 6.45) is 2.78. The van der Waals surface area contributed by atoms with Crippen LogP contribution in [0.4, 0.5) is 13.2 Å². The van der Waals surface area contributed by atoms with Crippen LogP contribution in [0.15, 0.2) is 11.8 Å². The summed E-state index contributed by atoms with van der Waals surface area (Å²) in [4.78, 5) is 17.3. The Morgan fingerprint density at radius 1 is 1.04 bits per heavy atom. The first-order valence-corrected chi connectivity index (χ1v) is 8.96. The second kappa shape index (κ2) is 5.73. The number of hydrogen-bond donors (Lipinski definition) is 0. The molecule has 0 aromatic heterocycles. The third-order valence-corrected chi connectivity index (χ3v) is 6.01. The van der Waals surface area contributed by atoms with Crippen molar-refractivity contribution in [3.8, 4) is 0 Å². The molecule has 0 saturated heterocycles. The first kappa shape index (κ1) is 17.7. The molecule has 3 saturated carbocycles. The largest absolute Gasteiger partial charge is 0.534 e. The average Bonchev–Trinajstić information content (AvgIpc) is 3.20. The summed E-state index contributed by atoms with van der Waals surface area (Å²) in [5.41, 5.74) is -5.40. The molecule has 4 aliphatic carbocycles. The number of nitrogens with zero attached hydrogens (tertiary/aromatic N) is 2. The number of alkyl halides is 3.